The summed E-state index contributed by atoms with van der Waals surface area (Å²) in [6, 6.07) is 3.64. The quantitative estimate of drug-likeness (QED) is 0.905. The SMILES string of the molecule is CCN1CCC[C@@H]1CNS(=O)(=O)c1ccc(F)c(Cl)c1. The molecule has 20 heavy (non-hydrogen) atoms. The van der Waals surface area contributed by atoms with Crippen LogP contribution in [-0.2, 0) is 10.0 Å². The molecule has 0 amide bonds. The molecule has 2 rings (SSSR count). The molecule has 1 N–H and O–H groups in total. The molecule has 1 saturated heterocycles. The third-order valence-electron chi connectivity index (χ3n) is 3.62. The van der Waals surface area contributed by atoms with E-state index in [1.54, 1.807) is 0 Å². The molecule has 1 aliphatic heterocycles. The Morgan fingerprint density at radius 3 is 2.90 bits per heavy atom. The summed E-state index contributed by atoms with van der Waals surface area (Å²) in [6.45, 7) is 4.35. The number of nitrogens with one attached hydrogen (secondary N) is 1. The molecule has 0 unspecified atom stereocenters. The summed E-state index contributed by atoms with van der Waals surface area (Å²) in [6.07, 6.45) is 2.07. The van der Waals surface area contributed by atoms with Gasteiger partial charge in [0.25, 0.3) is 0 Å². The van der Waals surface area contributed by atoms with Crippen molar-refractivity contribution in [2.75, 3.05) is 19.6 Å². The van der Waals surface area contributed by atoms with E-state index in [4.69, 9.17) is 11.6 Å². The highest BCUT2D eigenvalue weighted by Gasteiger charge is 2.25. The molecule has 112 valence electrons. The minimum absolute atomic E-state index is 0.00931. The molecule has 1 aromatic carbocycles. The first-order valence-electron chi connectivity index (χ1n) is 6.63. The second kappa shape index (κ2) is 6.39. The molecule has 0 bridgehead atoms. The molecule has 1 aliphatic rings. The first-order valence-corrected chi connectivity index (χ1v) is 8.49. The van der Waals surface area contributed by atoms with E-state index in [0.29, 0.717) is 6.54 Å². The first-order chi connectivity index (χ1) is 9.44. The molecule has 7 heteroatoms. The summed E-state index contributed by atoms with van der Waals surface area (Å²) in [5.41, 5.74) is 0. The molecular weight excluding hydrogens is 303 g/mol. The van der Waals surface area contributed by atoms with Crippen LogP contribution in [0, 0.1) is 5.82 Å². The maximum Gasteiger partial charge on any atom is 0.240 e. The molecule has 1 aromatic rings. The zero-order chi connectivity index (χ0) is 14.8. The number of rotatable bonds is 5. The van der Waals surface area contributed by atoms with Gasteiger partial charge in [-0.25, -0.2) is 17.5 Å². The smallest absolute Gasteiger partial charge is 0.240 e. The Labute approximate surface area is 124 Å². The van der Waals surface area contributed by atoms with Crippen LogP contribution in [0.2, 0.25) is 5.02 Å². The van der Waals surface area contributed by atoms with Crippen LogP contribution in [0.1, 0.15) is 19.8 Å². The summed E-state index contributed by atoms with van der Waals surface area (Å²) in [7, 11) is -3.65. The van der Waals surface area contributed by atoms with Gasteiger partial charge >= 0.3 is 0 Å². The van der Waals surface area contributed by atoms with Crippen LogP contribution in [0.25, 0.3) is 0 Å². The van der Waals surface area contributed by atoms with Gasteiger partial charge in [0.2, 0.25) is 10.0 Å². The Morgan fingerprint density at radius 1 is 1.50 bits per heavy atom. The number of halogens is 2. The lowest BCUT2D eigenvalue weighted by atomic mass is 10.2. The van der Waals surface area contributed by atoms with Crippen LogP contribution in [0.15, 0.2) is 23.1 Å². The molecule has 0 radical (unpaired) electrons. The highest BCUT2D eigenvalue weighted by molar-refractivity contribution is 7.89. The first kappa shape index (κ1) is 15.7. The Bertz CT molecular complexity index is 580. The van der Waals surface area contributed by atoms with Gasteiger partial charge in [0.15, 0.2) is 0 Å². The zero-order valence-corrected chi connectivity index (χ0v) is 12.8. The Balaban J connectivity index is 2.05. The molecular formula is C13H18ClFN2O2S. The summed E-state index contributed by atoms with van der Waals surface area (Å²) in [4.78, 5) is 2.24. The van der Waals surface area contributed by atoms with E-state index in [9.17, 15) is 12.8 Å². The predicted molar refractivity (Wildman–Crippen MR) is 76.9 cm³/mol. The van der Waals surface area contributed by atoms with E-state index < -0.39 is 15.8 Å². The Hall–Kier alpha value is -0.690. The number of likely N-dealkylation sites (N-methyl/N-ethyl adjacent to an activating group) is 1. The van der Waals surface area contributed by atoms with Crippen molar-refractivity contribution >= 4 is 21.6 Å². The van der Waals surface area contributed by atoms with Crippen LogP contribution in [0.5, 0.6) is 0 Å². The lowest BCUT2D eigenvalue weighted by molar-refractivity contribution is 0.268. The number of hydrogen-bond donors (Lipinski definition) is 1. The molecule has 1 heterocycles. The lowest BCUT2D eigenvalue weighted by Gasteiger charge is -2.22. The van der Waals surface area contributed by atoms with Gasteiger partial charge in [-0.3, -0.25) is 4.90 Å². The van der Waals surface area contributed by atoms with Gasteiger partial charge in [-0.15, -0.1) is 0 Å². The second-order valence-electron chi connectivity index (χ2n) is 4.85. The van der Waals surface area contributed by atoms with Crippen LogP contribution >= 0.6 is 11.6 Å². The van der Waals surface area contributed by atoms with Crippen molar-refractivity contribution in [3.8, 4) is 0 Å². The van der Waals surface area contributed by atoms with Gasteiger partial charge in [0.1, 0.15) is 5.82 Å². The molecule has 1 atom stereocenters. The minimum Gasteiger partial charge on any atom is -0.299 e. The summed E-state index contributed by atoms with van der Waals surface area (Å²) in [5.74, 6) is -0.626. The molecule has 4 nitrogen and oxygen atoms in total. The van der Waals surface area contributed by atoms with E-state index in [0.717, 1.165) is 38.1 Å². The van der Waals surface area contributed by atoms with Gasteiger partial charge in [-0.1, -0.05) is 18.5 Å². The number of sulfonamides is 1. The average molecular weight is 321 g/mol. The maximum absolute atomic E-state index is 13.1. The summed E-state index contributed by atoms with van der Waals surface area (Å²) in [5, 5.41) is -0.191. The fourth-order valence-corrected chi connectivity index (χ4v) is 3.82. The van der Waals surface area contributed by atoms with E-state index in [2.05, 4.69) is 16.5 Å². The summed E-state index contributed by atoms with van der Waals surface area (Å²) >= 11 is 5.62. The van der Waals surface area contributed by atoms with E-state index in [-0.39, 0.29) is 16.0 Å². The monoisotopic (exact) mass is 320 g/mol. The average Bonchev–Trinajstić information content (AvgIpc) is 2.87. The highest BCUT2D eigenvalue weighted by atomic mass is 35.5. The number of likely N-dealkylation sites (tertiary alicyclic amines) is 1. The number of nitrogens with zero attached hydrogens (tertiary/aromatic N) is 1. The predicted octanol–water partition coefficient (Wildman–Crippen LogP) is 2.24. The van der Waals surface area contributed by atoms with Crippen molar-refractivity contribution in [1.82, 2.24) is 9.62 Å². The standard InChI is InChI=1S/C13H18ClFN2O2S/c1-2-17-7-3-4-10(17)9-16-20(18,19)11-5-6-13(15)12(14)8-11/h5-6,8,10,16H,2-4,7,9H2,1H3/t10-/m1/s1. The van der Waals surface area contributed by atoms with E-state index in [1.807, 2.05) is 0 Å². The van der Waals surface area contributed by atoms with Gasteiger partial charge in [-0.2, -0.15) is 0 Å². The Morgan fingerprint density at radius 2 is 2.25 bits per heavy atom. The van der Waals surface area contributed by atoms with Crippen LogP contribution in [0.4, 0.5) is 4.39 Å². The molecule has 0 aromatic heterocycles. The minimum atomic E-state index is -3.65. The van der Waals surface area contributed by atoms with Gasteiger partial charge < -0.3 is 0 Å². The summed E-state index contributed by atoms with van der Waals surface area (Å²) < 4.78 is 39.9. The van der Waals surface area contributed by atoms with Crippen LogP contribution in [0.3, 0.4) is 0 Å². The van der Waals surface area contributed by atoms with Crippen molar-refractivity contribution in [2.45, 2.75) is 30.7 Å². The van der Waals surface area contributed by atoms with Crippen molar-refractivity contribution < 1.29 is 12.8 Å². The maximum atomic E-state index is 13.1. The topological polar surface area (TPSA) is 49.4 Å². The van der Waals surface area contributed by atoms with Crippen LogP contribution in [-0.4, -0.2) is 39.0 Å². The molecule has 1 fully saturated rings. The van der Waals surface area contributed by atoms with Crippen molar-refractivity contribution in [1.29, 1.82) is 0 Å². The molecule has 0 saturated carbocycles. The second-order valence-corrected chi connectivity index (χ2v) is 7.03. The normalized spacial score (nSPS) is 20.4. The highest BCUT2D eigenvalue weighted by Crippen LogP contribution is 2.20. The van der Waals surface area contributed by atoms with Gasteiger partial charge in [0.05, 0.1) is 9.92 Å². The van der Waals surface area contributed by atoms with Crippen molar-refractivity contribution in [2.24, 2.45) is 0 Å². The van der Waals surface area contributed by atoms with Gasteiger partial charge in [-0.05, 0) is 44.1 Å². The fraction of sp³-hybridized carbons (Fsp3) is 0.538. The third-order valence-corrected chi connectivity index (χ3v) is 5.33. The van der Waals surface area contributed by atoms with Crippen LogP contribution < -0.4 is 4.72 Å². The molecule has 0 spiro atoms. The third kappa shape index (κ3) is 3.49. The number of hydrogen-bond acceptors (Lipinski definition) is 3. The van der Waals surface area contributed by atoms with E-state index >= 15 is 0 Å². The molecule has 0 aliphatic carbocycles. The Kier molecular flexibility index (Phi) is 5.01. The zero-order valence-electron chi connectivity index (χ0n) is 11.3. The largest absolute Gasteiger partial charge is 0.299 e. The fourth-order valence-electron chi connectivity index (χ4n) is 2.48. The van der Waals surface area contributed by atoms with Crippen molar-refractivity contribution in [3.05, 3.63) is 29.0 Å². The lowest BCUT2D eigenvalue weighted by Crippen LogP contribution is -2.39. The van der Waals surface area contributed by atoms with E-state index in [1.165, 1.54) is 6.07 Å². The van der Waals surface area contributed by atoms with Crippen molar-refractivity contribution in [3.63, 3.8) is 0 Å². The van der Waals surface area contributed by atoms with Gasteiger partial charge in [0, 0.05) is 12.6 Å². The number of benzene rings is 1.